The van der Waals surface area contributed by atoms with E-state index in [-0.39, 0.29) is 35.5 Å². The Balaban J connectivity index is 1.69. The maximum absolute atomic E-state index is 13.2. The fourth-order valence-corrected chi connectivity index (χ4v) is 6.37. The van der Waals surface area contributed by atoms with Crippen LogP contribution in [0, 0.1) is 18.8 Å². The van der Waals surface area contributed by atoms with Gasteiger partial charge in [0.1, 0.15) is 5.76 Å². The Hall–Kier alpha value is -3.60. The van der Waals surface area contributed by atoms with Gasteiger partial charge in [-0.2, -0.15) is 0 Å². The summed E-state index contributed by atoms with van der Waals surface area (Å²) >= 11 is 0. The summed E-state index contributed by atoms with van der Waals surface area (Å²) in [4.78, 5) is 48.2. The maximum atomic E-state index is 13.2. The number of carboxylic acid groups (broad SMARTS) is 1. The molecule has 1 aliphatic heterocycles. The van der Waals surface area contributed by atoms with E-state index in [0.717, 1.165) is 18.9 Å². The van der Waals surface area contributed by atoms with Crippen LogP contribution in [0.15, 0.2) is 24.0 Å². The van der Waals surface area contributed by atoms with Crippen molar-refractivity contribution in [3.05, 3.63) is 35.1 Å². The molecular formula is C28H34O11. The topological polar surface area (TPSA) is 166 Å². The predicted octanol–water partition coefficient (Wildman–Crippen LogP) is 2.67. The zero-order chi connectivity index (χ0) is 28.9. The number of hydrogen-bond donors (Lipinski definition) is 3. The van der Waals surface area contributed by atoms with Crippen LogP contribution in [-0.2, 0) is 38.8 Å². The lowest BCUT2D eigenvalue weighted by atomic mass is 9.49. The van der Waals surface area contributed by atoms with Crippen molar-refractivity contribution in [2.75, 3.05) is 0 Å². The Labute approximate surface area is 225 Å². The Morgan fingerprint density at radius 2 is 1.85 bits per heavy atom. The molecule has 0 aromatic heterocycles. The van der Waals surface area contributed by atoms with Crippen LogP contribution in [0.4, 0.5) is 0 Å². The van der Waals surface area contributed by atoms with E-state index in [4.69, 9.17) is 18.9 Å². The van der Waals surface area contributed by atoms with Gasteiger partial charge in [-0.3, -0.25) is 9.59 Å². The number of esters is 3. The number of phenols is 1. The molecule has 3 unspecified atom stereocenters. The van der Waals surface area contributed by atoms with Crippen molar-refractivity contribution in [2.24, 2.45) is 11.8 Å². The fourth-order valence-electron chi connectivity index (χ4n) is 6.37. The lowest BCUT2D eigenvalue weighted by Gasteiger charge is -2.57. The number of fused-ring (bicyclic) bond motifs is 1. The monoisotopic (exact) mass is 546 g/mol. The molecule has 11 nitrogen and oxygen atoms in total. The first-order valence-corrected chi connectivity index (χ1v) is 13.0. The molecule has 0 amide bonds. The molecule has 7 atom stereocenters. The summed E-state index contributed by atoms with van der Waals surface area (Å²) in [6, 6.07) is 3.24. The summed E-state index contributed by atoms with van der Waals surface area (Å²) < 4.78 is 21.7. The number of aryl methyl sites for hydroxylation is 1. The predicted molar refractivity (Wildman–Crippen MR) is 134 cm³/mol. The molecule has 212 valence electrons. The van der Waals surface area contributed by atoms with E-state index in [9.17, 15) is 34.5 Å². The number of rotatable bonds is 7. The first-order valence-electron chi connectivity index (χ1n) is 13.0. The maximum Gasteiger partial charge on any atom is 0.353 e. The second-order valence-electron chi connectivity index (χ2n) is 10.8. The smallest absolute Gasteiger partial charge is 0.353 e. The quantitative estimate of drug-likeness (QED) is 0.340. The number of aliphatic hydroxyl groups is 1. The molecular weight excluding hydrogens is 512 g/mol. The number of carbonyl (C=O) groups excluding carboxylic acids is 3. The highest BCUT2D eigenvalue weighted by Crippen LogP contribution is 2.65. The number of aliphatic carboxylic acids is 1. The van der Waals surface area contributed by atoms with Crippen molar-refractivity contribution in [3.63, 3.8) is 0 Å². The summed E-state index contributed by atoms with van der Waals surface area (Å²) in [7, 11) is 0. The van der Waals surface area contributed by atoms with Crippen LogP contribution in [-0.4, -0.2) is 63.1 Å². The van der Waals surface area contributed by atoms with Gasteiger partial charge in [0.15, 0.2) is 23.7 Å². The van der Waals surface area contributed by atoms with Crippen LogP contribution in [0.2, 0.25) is 0 Å². The number of benzene rings is 1. The van der Waals surface area contributed by atoms with Crippen LogP contribution in [0.3, 0.4) is 0 Å². The van der Waals surface area contributed by atoms with Gasteiger partial charge in [0.25, 0.3) is 0 Å². The van der Waals surface area contributed by atoms with Crippen molar-refractivity contribution in [2.45, 2.75) is 89.6 Å². The number of carboxylic acids is 1. The minimum Gasteiger partial charge on any atom is -0.504 e. The molecule has 1 fully saturated rings. The average molecular weight is 547 g/mol. The van der Waals surface area contributed by atoms with Crippen LogP contribution >= 0.6 is 0 Å². The van der Waals surface area contributed by atoms with Gasteiger partial charge in [-0.25, -0.2) is 9.59 Å². The largest absolute Gasteiger partial charge is 0.504 e. The third-order valence-electron chi connectivity index (χ3n) is 8.50. The van der Waals surface area contributed by atoms with Gasteiger partial charge < -0.3 is 34.3 Å². The summed E-state index contributed by atoms with van der Waals surface area (Å²) in [6.45, 7) is 8.21. The van der Waals surface area contributed by atoms with Crippen LogP contribution in [0.1, 0.15) is 64.5 Å². The first kappa shape index (κ1) is 28.4. The molecule has 1 aromatic rings. The van der Waals surface area contributed by atoms with Gasteiger partial charge in [0, 0.05) is 12.5 Å². The number of ether oxygens (including phenoxy) is 4. The molecule has 3 aliphatic rings. The fraction of sp³-hybridized carbons (Fsp3) is 0.571. The molecule has 1 saturated carbocycles. The number of hydrogen-bond acceptors (Lipinski definition) is 10. The number of carbonyl (C=O) groups is 4. The average Bonchev–Trinajstić information content (AvgIpc) is 3.22. The van der Waals surface area contributed by atoms with Gasteiger partial charge in [-0.05, 0) is 62.7 Å². The molecule has 0 radical (unpaired) electrons. The third kappa shape index (κ3) is 4.62. The summed E-state index contributed by atoms with van der Waals surface area (Å²) in [6.07, 6.45) is -2.22. The van der Waals surface area contributed by atoms with E-state index in [1.54, 1.807) is 6.07 Å². The molecule has 1 aromatic carbocycles. The van der Waals surface area contributed by atoms with Crippen molar-refractivity contribution in [3.8, 4) is 11.5 Å². The SMILES string of the molecule is CC(=O)O[C@@H](C)C(=O)O[C@@H](CC(=O)O)C(=O)OC1=CC[C@@]2(O)[C@@H](C)C(C)CCC23c2c(C)ccc(O)c2OC13. The normalized spacial score (nSPS) is 30.3. The van der Waals surface area contributed by atoms with Crippen LogP contribution in [0.25, 0.3) is 0 Å². The minimum absolute atomic E-state index is 0.0286. The van der Waals surface area contributed by atoms with Gasteiger partial charge >= 0.3 is 23.9 Å². The summed E-state index contributed by atoms with van der Waals surface area (Å²) in [5.41, 5.74) is -0.889. The van der Waals surface area contributed by atoms with Crippen LogP contribution in [0.5, 0.6) is 11.5 Å². The Morgan fingerprint density at radius 1 is 1.15 bits per heavy atom. The van der Waals surface area contributed by atoms with Crippen molar-refractivity contribution in [1.82, 2.24) is 0 Å². The van der Waals surface area contributed by atoms with E-state index in [2.05, 4.69) is 6.92 Å². The zero-order valence-corrected chi connectivity index (χ0v) is 22.6. The summed E-state index contributed by atoms with van der Waals surface area (Å²) in [5, 5.41) is 32.2. The molecule has 3 N–H and O–H groups in total. The zero-order valence-electron chi connectivity index (χ0n) is 22.6. The van der Waals surface area contributed by atoms with Gasteiger partial charge in [0.05, 0.1) is 17.4 Å². The molecule has 11 heteroatoms. The standard InChI is InChI=1S/C28H34O11/c1-13-8-10-27-22-14(2)6-7-18(30)23(22)39-24(27)19(9-11-28(27,35)15(13)3)37-26(34)20(12-21(31)32)38-25(33)16(4)36-17(5)29/h6-7,9,13,15-16,20,24,30,35H,8,10-12H2,1-5H3,(H,31,32)/t13?,15-,16-,20-,24?,27?,28+/m0/s1. The van der Waals surface area contributed by atoms with E-state index >= 15 is 0 Å². The van der Waals surface area contributed by atoms with E-state index in [0.29, 0.717) is 12.0 Å². The molecule has 1 spiro atoms. The second-order valence-corrected chi connectivity index (χ2v) is 10.8. The number of phenolic OH excluding ortho intramolecular Hbond substituents is 1. The Kier molecular flexibility index (Phi) is 7.41. The van der Waals surface area contributed by atoms with Gasteiger partial charge in [-0.1, -0.05) is 19.9 Å². The highest BCUT2D eigenvalue weighted by atomic mass is 16.6. The van der Waals surface area contributed by atoms with Crippen LogP contribution < -0.4 is 4.74 Å². The van der Waals surface area contributed by atoms with Crippen molar-refractivity contribution < 1.29 is 53.4 Å². The summed E-state index contributed by atoms with van der Waals surface area (Å²) in [5.74, 6) is -4.31. The van der Waals surface area contributed by atoms with Crippen molar-refractivity contribution in [1.29, 1.82) is 0 Å². The van der Waals surface area contributed by atoms with Gasteiger partial charge in [-0.15, -0.1) is 0 Å². The Morgan fingerprint density at radius 3 is 2.49 bits per heavy atom. The molecule has 1 heterocycles. The molecule has 0 bridgehead atoms. The second kappa shape index (κ2) is 10.2. The minimum atomic E-state index is -1.84. The third-order valence-corrected chi connectivity index (χ3v) is 8.50. The highest BCUT2D eigenvalue weighted by molar-refractivity contribution is 5.86. The highest BCUT2D eigenvalue weighted by Gasteiger charge is 2.69. The lowest BCUT2D eigenvalue weighted by Crippen LogP contribution is -2.66. The molecule has 4 rings (SSSR count). The number of aromatic hydroxyl groups is 1. The van der Waals surface area contributed by atoms with E-state index < -0.39 is 59.6 Å². The Bertz CT molecular complexity index is 1240. The van der Waals surface area contributed by atoms with Crippen molar-refractivity contribution >= 4 is 23.9 Å². The molecule has 0 saturated heterocycles. The lowest BCUT2D eigenvalue weighted by molar-refractivity contribution is -0.181. The van der Waals surface area contributed by atoms with E-state index in [1.165, 1.54) is 19.1 Å². The van der Waals surface area contributed by atoms with E-state index in [1.807, 2.05) is 13.8 Å². The molecule has 39 heavy (non-hydrogen) atoms. The van der Waals surface area contributed by atoms with Gasteiger partial charge in [0.2, 0.25) is 6.10 Å². The first-order chi connectivity index (χ1) is 18.2. The molecule has 2 aliphatic carbocycles.